The third kappa shape index (κ3) is 2.30. The van der Waals surface area contributed by atoms with Crippen LogP contribution in [0.4, 0.5) is 0 Å². The Hall–Kier alpha value is -0.550. The van der Waals surface area contributed by atoms with Crippen molar-refractivity contribution in [1.82, 2.24) is 0 Å². The van der Waals surface area contributed by atoms with E-state index in [2.05, 4.69) is 15.9 Å². The second-order valence-corrected chi connectivity index (χ2v) is 8.72. The van der Waals surface area contributed by atoms with E-state index >= 15 is 0 Å². The van der Waals surface area contributed by atoms with Gasteiger partial charge in [-0.1, -0.05) is 28.1 Å². The van der Waals surface area contributed by atoms with Crippen molar-refractivity contribution in [3.05, 3.63) is 29.3 Å². The zero-order valence-corrected chi connectivity index (χ0v) is 13.1. The third-order valence-corrected chi connectivity index (χ3v) is 7.70. The summed E-state index contributed by atoms with van der Waals surface area (Å²) in [7, 11) is -3.14. The highest BCUT2D eigenvalue weighted by Crippen LogP contribution is 2.41. The maximum atomic E-state index is 11.8. The third-order valence-electron chi connectivity index (χ3n) is 3.57. The van der Waals surface area contributed by atoms with Gasteiger partial charge in [0, 0.05) is 12.7 Å². The molecule has 0 saturated heterocycles. The van der Waals surface area contributed by atoms with Crippen molar-refractivity contribution in [3.8, 4) is 5.75 Å². The molecule has 0 aromatic heterocycles. The molecule has 100 valence electrons. The molecule has 2 rings (SSSR count). The zero-order chi connectivity index (χ0) is 13.6. The number of fused-ring (bicyclic) bond motifs is 1. The average Bonchev–Trinajstić information content (AvgIpc) is 2.73. The lowest BCUT2D eigenvalue weighted by molar-refractivity contribution is 0.357. The minimum atomic E-state index is -3.14. The van der Waals surface area contributed by atoms with E-state index in [9.17, 15) is 8.42 Å². The van der Waals surface area contributed by atoms with Gasteiger partial charge in [-0.05, 0) is 31.0 Å². The van der Waals surface area contributed by atoms with E-state index in [-0.39, 0.29) is 4.83 Å². The van der Waals surface area contributed by atoms with Gasteiger partial charge in [0.2, 0.25) is 0 Å². The van der Waals surface area contributed by atoms with E-state index in [0.717, 1.165) is 23.3 Å². The van der Waals surface area contributed by atoms with Crippen molar-refractivity contribution in [1.29, 1.82) is 0 Å². The van der Waals surface area contributed by atoms with Gasteiger partial charge < -0.3 is 4.74 Å². The van der Waals surface area contributed by atoms with Crippen LogP contribution in [0, 0.1) is 0 Å². The molecule has 1 atom stereocenters. The van der Waals surface area contributed by atoms with Gasteiger partial charge in [-0.3, -0.25) is 0 Å². The van der Waals surface area contributed by atoms with Gasteiger partial charge in [-0.2, -0.15) is 0 Å². The van der Waals surface area contributed by atoms with E-state index in [4.69, 9.17) is 4.74 Å². The minimum Gasteiger partial charge on any atom is -0.493 e. The molecular formula is C13H17BrO3S. The summed E-state index contributed by atoms with van der Waals surface area (Å²) >= 11 is 3.53. The highest BCUT2D eigenvalue weighted by Gasteiger charge is 2.38. The van der Waals surface area contributed by atoms with Crippen LogP contribution in [-0.4, -0.2) is 26.0 Å². The Balaban J connectivity index is 2.38. The first-order valence-electron chi connectivity index (χ1n) is 5.83. The summed E-state index contributed by atoms with van der Waals surface area (Å²) < 4.78 is 28.3. The topological polar surface area (TPSA) is 43.4 Å². The second-order valence-electron chi connectivity index (χ2n) is 5.20. The summed E-state index contributed by atoms with van der Waals surface area (Å²) in [5.74, 6) is 0.913. The Morgan fingerprint density at radius 1 is 1.39 bits per heavy atom. The van der Waals surface area contributed by atoms with E-state index in [0.29, 0.717) is 6.61 Å². The molecule has 0 saturated carbocycles. The molecule has 3 nitrogen and oxygen atoms in total. The quantitative estimate of drug-likeness (QED) is 0.799. The molecule has 1 aliphatic heterocycles. The number of hydrogen-bond acceptors (Lipinski definition) is 3. The van der Waals surface area contributed by atoms with Crippen molar-refractivity contribution in [2.75, 3.05) is 12.9 Å². The number of halogens is 1. The van der Waals surface area contributed by atoms with Gasteiger partial charge in [0.25, 0.3) is 0 Å². The van der Waals surface area contributed by atoms with Crippen molar-refractivity contribution in [2.45, 2.75) is 29.8 Å². The highest BCUT2D eigenvalue weighted by atomic mass is 79.9. The molecule has 0 N–H and O–H groups in total. The standard InChI is InChI=1S/C13H17BrO3S/c1-13(2,18(3,15)16)12(14)10-4-5-11-9(8-10)6-7-17-11/h4-5,8,12H,6-7H2,1-3H3. The SMILES string of the molecule is CC(C)(C(Br)c1ccc2c(c1)CCO2)S(C)(=O)=O. The lowest BCUT2D eigenvalue weighted by Crippen LogP contribution is -2.35. The fourth-order valence-corrected chi connectivity index (χ4v) is 3.77. The molecule has 0 bridgehead atoms. The smallest absolute Gasteiger partial charge is 0.154 e. The molecule has 0 aliphatic carbocycles. The number of alkyl halides is 1. The predicted molar refractivity (Wildman–Crippen MR) is 76.2 cm³/mol. The van der Waals surface area contributed by atoms with Crippen LogP contribution in [0.1, 0.15) is 29.8 Å². The Morgan fingerprint density at radius 2 is 2.06 bits per heavy atom. The normalized spacial score (nSPS) is 17.1. The van der Waals surface area contributed by atoms with Crippen LogP contribution in [0.3, 0.4) is 0 Å². The van der Waals surface area contributed by atoms with Gasteiger partial charge in [0.05, 0.1) is 16.2 Å². The first kappa shape index (κ1) is 13.9. The fraction of sp³-hybridized carbons (Fsp3) is 0.538. The van der Waals surface area contributed by atoms with Crippen LogP contribution in [0.15, 0.2) is 18.2 Å². The predicted octanol–water partition coefficient (Wildman–Crippen LogP) is 2.88. The van der Waals surface area contributed by atoms with Crippen LogP contribution >= 0.6 is 15.9 Å². The molecule has 1 aromatic carbocycles. The summed E-state index contributed by atoms with van der Waals surface area (Å²) in [4.78, 5) is -0.231. The Bertz CT molecular complexity index is 564. The largest absolute Gasteiger partial charge is 0.493 e. The maximum absolute atomic E-state index is 11.8. The first-order valence-corrected chi connectivity index (χ1v) is 8.63. The van der Waals surface area contributed by atoms with E-state index in [1.807, 2.05) is 18.2 Å². The molecule has 5 heteroatoms. The van der Waals surface area contributed by atoms with Crippen LogP contribution in [-0.2, 0) is 16.3 Å². The first-order chi connectivity index (χ1) is 8.23. The van der Waals surface area contributed by atoms with E-state index in [1.165, 1.54) is 6.26 Å². The molecule has 0 spiro atoms. The fourth-order valence-electron chi connectivity index (χ4n) is 1.95. The molecule has 1 aromatic rings. The summed E-state index contributed by atoms with van der Waals surface area (Å²) in [5.41, 5.74) is 2.14. The van der Waals surface area contributed by atoms with Crippen molar-refractivity contribution in [2.24, 2.45) is 0 Å². The van der Waals surface area contributed by atoms with Crippen molar-refractivity contribution >= 4 is 25.8 Å². The van der Waals surface area contributed by atoms with Crippen LogP contribution in [0.5, 0.6) is 5.75 Å². The Kier molecular flexibility index (Phi) is 3.49. The molecule has 0 radical (unpaired) electrons. The van der Waals surface area contributed by atoms with Crippen LogP contribution in [0.25, 0.3) is 0 Å². The lowest BCUT2D eigenvalue weighted by atomic mass is 9.99. The summed E-state index contributed by atoms with van der Waals surface area (Å²) in [6.07, 6.45) is 2.17. The summed E-state index contributed by atoms with van der Waals surface area (Å²) in [6, 6.07) is 5.88. The minimum absolute atomic E-state index is 0.231. The van der Waals surface area contributed by atoms with E-state index in [1.54, 1.807) is 13.8 Å². The van der Waals surface area contributed by atoms with E-state index < -0.39 is 14.6 Å². The number of benzene rings is 1. The average molecular weight is 333 g/mol. The molecular weight excluding hydrogens is 316 g/mol. The summed E-state index contributed by atoms with van der Waals surface area (Å²) in [6.45, 7) is 4.19. The molecule has 18 heavy (non-hydrogen) atoms. The molecule has 1 heterocycles. The molecule has 1 unspecified atom stereocenters. The molecule has 0 amide bonds. The van der Waals surface area contributed by atoms with Gasteiger partial charge in [-0.25, -0.2) is 8.42 Å². The van der Waals surface area contributed by atoms with Crippen LogP contribution in [0.2, 0.25) is 0 Å². The van der Waals surface area contributed by atoms with Gasteiger partial charge >= 0.3 is 0 Å². The Labute approximate surface area is 117 Å². The van der Waals surface area contributed by atoms with Crippen LogP contribution < -0.4 is 4.74 Å². The van der Waals surface area contributed by atoms with Gasteiger partial charge in [0.15, 0.2) is 9.84 Å². The lowest BCUT2D eigenvalue weighted by Gasteiger charge is -2.29. The van der Waals surface area contributed by atoms with Crippen molar-refractivity contribution < 1.29 is 13.2 Å². The van der Waals surface area contributed by atoms with Gasteiger partial charge in [0.1, 0.15) is 5.75 Å². The summed E-state index contributed by atoms with van der Waals surface area (Å²) in [5, 5.41) is 0. The van der Waals surface area contributed by atoms with Gasteiger partial charge in [-0.15, -0.1) is 0 Å². The maximum Gasteiger partial charge on any atom is 0.154 e. The molecule has 0 fully saturated rings. The highest BCUT2D eigenvalue weighted by molar-refractivity contribution is 9.09. The Morgan fingerprint density at radius 3 is 2.67 bits per heavy atom. The number of sulfone groups is 1. The molecule has 1 aliphatic rings. The van der Waals surface area contributed by atoms with Crippen molar-refractivity contribution in [3.63, 3.8) is 0 Å². The zero-order valence-electron chi connectivity index (χ0n) is 10.7. The number of hydrogen-bond donors (Lipinski definition) is 0. The monoisotopic (exact) mass is 332 g/mol. The second kappa shape index (κ2) is 4.53. The number of rotatable bonds is 3. The number of ether oxygens (including phenoxy) is 1.